The molecule has 0 radical (unpaired) electrons. The Bertz CT molecular complexity index is 722. The zero-order valence-electron chi connectivity index (χ0n) is 10.5. The van der Waals surface area contributed by atoms with Crippen LogP contribution in [0.3, 0.4) is 0 Å². The highest BCUT2D eigenvalue weighted by Gasteiger charge is 2.23. The largest absolute Gasteiger partial charge is 0.353 e. The van der Waals surface area contributed by atoms with Crippen LogP contribution < -0.4 is 5.32 Å². The quantitative estimate of drug-likeness (QED) is 0.777. The maximum Gasteiger partial charge on any atom is 0.207 e. The molecule has 1 aliphatic rings. The summed E-state index contributed by atoms with van der Waals surface area (Å²) in [5, 5.41) is 5.80. The van der Waals surface area contributed by atoms with Crippen LogP contribution in [0.5, 0.6) is 0 Å². The Morgan fingerprint density at radius 3 is 3.00 bits per heavy atom. The van der Waals surface area contributed by atoms with E-state index in [1.165, 1.54) is 18.2 Å². The Morgan fingerprint density at radius 1 is 1.16 bits per heavy atom. The molecule has 1 N–H and O–H groups in total. The monoisotopic (exact) mass is 250 g/mol. The molecular formula is C15H14N4. The molecule has 19 heavy (non-hydrogen) atoms. The maximum absolute atomic E-state index is 4.42. The molecule has 94 valence electrons. The van der Waals surface area contributed by atoms with Crippen LogP contribution in [-0.4, -0.2) is 20.6 Å². The number of nitrogens with zero attached hydrogens (tertiary/aromatic N) is 3. The smallest absolute Gasteiger partial charge is 0.207 e. The molecular weight excluding hydrogens is 236 g/mol. The number of hydrogen-bond donors (Lipinski definition) is 1. The second kappa shape index (κ2) is 4.09. The van der Waals surface area contributed by atoms with Crippen molar-refractivity contribution in [2.24, 2.45) is 0 Å². The number of imidazole rings is 1. The minimum Gasteiger partial charge on any atom is -0.353 e. The van der Waals surface area contributed by atoms with E-state index in [1.54, 1.807) is 0 Å². The molecule has 1 aromatic carbocycles. The Hall–Kier alpha value is -2.36. The number of anilines is 1. The number of benzene rings is 1. The molecule has 0 bridgehead atoms. The van der Waals surface area contributed by atoms with E-state index in [0.717, 1.165) is 17.0 Å². The van der Waals surface area contributed by atoms with Crippen molar-refractivity contribution in [1.29, 1.82) is 0 Å². The Morgan fingerprint density at radius 2 is 2.11 bits per heavy atom. The van der Waals surface area contributed by atoms with Gasteiger partial charge in [0.05, 0.1) is 5.69 Å². The molecule has 1 fully saturated rings. The van der Waals surface area contributed by atoms with E-state index >= 15 is 0 Å². The van der Waals surface area contributed by atoms with Crippen LogP contribution in [0.15, 0.2) is 49.1 Å². The van der Waals surface area contributed by atoms with Crippen LogP contribution in [0, 0.1) is 0 Å². The van der Waals surface area contributed by atoms with Gasteiger partial charge in [-0.3, -0.25) is 9.55 Å². The highest BCUT2D eigenvalue weighted by Crippen LogP contribution is 2.27. The normalized spacial score (nSPS) is 14.7. The lowest BCUT2D eigenvalue weighted by Crippen LogP contribution is -2.07. The van der Waals surface area contributed by atoms with Gasteiger partial charge in [-0.25, -0.2) is 4.98 Å². The van der Waals surface area contributed by atoms with Gasteiger partial charge in [-0.05, 0) is 25.0 Å². The fraction of sp³-hybridized carbons (Fsp3) is 0.200. The van der Waals surface area contributed by atoms with E-state index < -0.39 is 0 Å². The van der Waals surface area contributed by atoms with Gasteiger partial charge in [0.25, 0.3) is 0 Å². The van der Waals surface area contributed by atoms with Crippen molar-refractivity contribution in [1.82, 2.24) is 14.5 Å². The summed E-state index contributed by atoms with van der Waals surface area (Å²) < 4.78 is 2.11. The second-order valence-electron chi connectivity index (χ2n) is 4.91. The van der Waals surface area contributed by atoms with Gasteiger partial charge in [0.15, 0.2) is 0 Å². The summed E-state index contributed by atoms with van der Waals surface area (Å²) in [6.45, 7) is 0. The topological polar surface area (TPSA) is 42.7 Å². The third-order valence-electron chi connectivity index (χ3n) is 3.47. The first-order valence-corrected chi connectivity index (χ1v) is 6.55. The van der Waals surface area contributed by atoms with Gasteiger partial charge in [0.1, 0.15) is 0 Å². The summed E-state index contributed by atoms with van der Waals surface area (Å²) in [4.78, 5) is 8.59. The van der Waals surface area contributed by atoms with Crippen molar-refractivity contribution in [3.8, 4) is 5.69 Å². The number of pyridine rings is 1. The number of hydrogen-bond acceptors (Lipinski definition) is 3. The summed E-state index contributed by atoms with van der Waals surface area (Å²) in [6, 6.07) is 8.89. The fourth-order valence-electron chi connectivity index (χ4n) is 2.33. The first-order chi connectivity index (χ1) is 9.42. The molecule has 4 nitrogen and oxygen atoms in total. The number of rotatable bonds is 3. The second-order valence-corrected chi connectivity index (χ2v) is 4.91. The van der Waals surface area contributed by atoms with Crippen LogP contribution in [-0.2, 0) is 0 Å². The van der Waals surface area contributed by atoms with Gasteiger partial charge in [-0.1, -0.05) is 12.1 Å². The molecule has 0 atom stereocenters. The van der Waals surface area contributed by atoms with Crippen LogP contribution >= 0.6 is 0 Å². The van der Waals surface area contributed by atoms with Crippen LogP contribution in [0.25, 0.3) is 16.5 Å². The van der Waals surface area contributed by atoms with Gasteiger partial charge in [-0.15, -0.1) is 0 Å². The molecule has 2 heterocycles. The van der Waals surface area contributed by atoms with Crippen molar-refractivity contribution >= 4 is 16.7 Å². The zero-order chi connectivity index (χ0) is 12.7. The van der Waals surface area contributed by atoms with Gasteiger partial charge in [-0.2, -0.15) is 0 Å². The average molecular weight is 250 g/mol. The molecule has 0 saturated heterocycles. The van der Waals surface area contributed by atoms with Crippen LogP contribution in [0.1, 0.15) is 12.8 Å². The molecule has 2 aromatic heterocycles. The standard InChI is InChI=1S/C15H14N4/c1-2-11-10-16-7-6-13(11)14(3-1)19-9-8-17-15(19)18-12-4-5-12/h1-3,6-10,12H,4-5H2,(H,17,18). The van der Waals surface area contributed by atoms with Gasteiger partial charge in [0, 0.05) is 41.6 Å². The van der Waals surface area contributed by atoms with Gasteiger partial charge >= 0.3 is 0 Å². The van der Waals surface area contributed by atoms with E-state index in [4.69, 9.17) is 0 Å². The highest BCUT2D eigenvalue weighted by molar-refractivity contribution is 5.89. The first kappa shape index (κ1) is 10.6. The molecule has 0 aliphatic heterocycles. The van der Waals surface area contributed by atoms with E-state index in [2.05, 4.69) is 38.1 Å². The van der Waals surface area contributed by atoms with E-state index in [0.29, 0.717) is 6.04 Å². The SMILES string of the molecule is c1cc(-n2ccnc2NC2CC2)c2ccncc2c1. The number of nitrogens with one attached hydrogen (secondary N) is 1. The lowest BCUT2D eigenvalue weighted by Gasteiger charge is -2.11. The maximum atomic E-state index is 4.42. The summed E-state index contributed by atoms with van der Waals surface area (Å²) in [7, 11) is 0. The van der Waals surface area contributed by atoms with Gasteiger partial charge < -0.3 is 5.32 Å². The van der Waals surface area contributed by atoms with E-state index in [1.807, 2.05) is 30.9 Å². The first-order valence-electron chi connectivity index (χ1n) is 6.55. The molecule has 4 rings (SSSR count). The van der Waals surface area contributed by atoms with Gasteiger partial charge in [0.2, 0.25) is 5.95 Å². The summed E-state index contributed by atoms with van der Waals surface area (Å²) >= 11 is 0. The predicted molar refractivity (Wildman–Crippen MR) is 75.5 cm³/mol. The Labute approximate surface area is 111 Å². The minimum atomic E-state index is 0.595. The predicted octanol–water partition coefficient (Wildman–Crippen LogP) is 2.99. The summed E-state index contributed by atoms with van der Waals surface area (Å²) in [5.74, 6) is 0.923. The Kier molecular flexibility index (Phi) is 2.27. The Balaban J connectivity index is 1.87. The van der Waals surface area contributed by atoms with Crippen molar-refractivity contribution in [3.63, 3.8) is 0 Å². The lowest BCUT2D eigenvalue weighted by atomic mass is 10.1. The van der Waals surface area contributed by atoms with Crippen molar-refractivity contribution in [2.45, 2.75) is 18.9 Å². The lowest BCUT2D eigenvalue weighted by molar-refractivity contribution is 1.01. The molecule has 3 aromatic rings. The third kappa shape index (κ3) is 1.85. The molecule has 0 spiro atoms. The fourth-order valence-corrected chi connectivity index (χ4v) is 2.33. The van der Waals surface area contributed by atoms with E-state index in [-0.39, 0.29) is 0 Å². The van der Waals surface area contributed by atoms with Crippen molar-refractivity contribution in [2.75, 3.05) is 5.32 Å². The van der Waals surface area contributed by atoms with Crippen LogP contribution in [0.2, 0.25) is 0 Å². The zero-order valence-corrected chi connectivity index (χ0v) is 10.5. The number of fused-ring (bicyclic) bond motifs is 1. The third-order valence-corrected chi connectivity index (χ3v) is 3.47. The van der Waals surface area contributed by atoms with Crippen LogP contribution in [0.4, 0.5) is 5.95 Å². The molecule has 1 aliphatic carbocycles. The summed E-state index contributed by atoms with van der Waals surface area (Å²) in [6.07, 6.45) is 10.0. The summed E-state index contributed by atoms with van der Waals surface area (Å²) in [5.41, 5.74) is 1.14. The van der Waals surface area contributed by atoms with E-state index in [9.17, 15) is 0 Å². The average Bonchev–Trinajstić information content (AvgIpc) is 3.15. The molecule has 0 unspecified atom stereocenters. The molecule has 4 heteroatoms. The van der Waals surface area contributed by atoms with Crippen molar-refractivity contribution < 1.29 is 0 Å². The highest BCUT2D eigenvalue weighted by atomic mass is 15.2. The molecule has 1 saturated carbocycles. The molecule has 0 amide bonds. The minimum absolute atomic E-state index is 0.595. The van der Waals surface area contributed by atoms with Crippen molar-refractivity contribution in [3.05, 3.63) is 49.1 Å². The number of aromatic nitrogens is 3.